The van der Waals surface area contributed by atoms with Gasteiger partial charge in [0.05, 0.1) is 24.4 Å². The van der Waals surface area contributed by atoms with Crippen molar-refractivity contribution in [3.8, 4) is 0 Å². The number of halogens is 1. The SMILES string of the molecule is COC(=O)c1ccc(F)cc1NC(=O)C(N)CC(C)C. The Morgan fingerprint density at radius 2 is 2.05 bits per heavy atom. The third-order valence-corrected chi connectivity index (χ3v) is 2.71. The summed E-state index contributed by atoms with van der Waals surface area (Å²) in [5.41, 5.74) is 5.88. The lowest BCUT2D eigenvalue weighted by molar-refractivity contribution is -0.117. The third kappa shape index (κ3) is 4.31. The van der Waals surface area contributed by atoms with Gasteiger partial charge in [-0.1, -0.05) is 13.8 Å². The molecule has 0 saturated carbocycles. The number of nitrogens with one attached hydrogen (secondary N) is 1. The van der Waals surface area contributed by atoms with Crippen LogP contribution in [0.15, 0.2) is 18.2 Å². The molecule has 110 valence electrons. The summed E-state index contributed by atoms with van der Waals surface area (Å²) in [6.07, 6.45) is 0.495. The molecule has 0 saturated heterocycles. The lowest BCUT2D eigenvalue weighted by atomic mass is 10.0. The van der Waals surface area contributed by atoms with Crippen LogP contribution in [-0.4, -0.2) is 25.0 Å². The Kier molecular flexibility index (Phi) is 5.64. The quantitative estimate of drug-likeness (QED) is 0.808. The highest BCUT2D eigenvalue weighted by Crippen LogP contribution is 2.19. The molecule has 6 heteroatoms. The van der Waals surface area contributed by atoms with Gasteiger partial charge in [-0.15, -0.1) is 0 Å². The standard InChI is InChI=1S/C14H19FN2O3/c1-8(2)6-11(16)13(18)17-12-7-9(15)4-5-10(12)14(19)20-3/h4-5,7-8,11H,6,16H2,1-3H3,(H,17,18). The zero-order valence-corrected chi connectivity index (χ0v) is 11.8. The van der Waals surface area contributed by atoms with Crippen molar-refractivity contribution in [1.29, 1.82) is 0 Å². The minimum absolute atomic E-state index is 0.0565. The molecule has 20 heavy (non-hydrogen) atoms. The lowest BCUT2D eigenvalue weighted by Gasteiger charge is -2.15. The predicted molar refractivity (Wildman–Crippen MR) is 73.8 cm³/mol. The van der Waals surface area contributed by atoms with Crippen LogP contribution in [0.3, 0.4) is 0 Å². The Labute approximate surface area is 117 Å². The van der Waals surface area contributed by atoms with Crippen molar-refractivity contribution in [2.24, 2.45) is 11.7 Å². The maximum Gasteiger partial charge on any atom is 0.339 e. The van der Waals surface area contributed by atoms with E-state index in [-0.39, 0.29) is 17.2 Å². The highest BCUT2D eigenvalue weighted by atomic mass is 19.1. The van der Waals surface area contributed by atoms with Crippen LogP contribution >= 0.6 is 0 Å². The van der Waals surface area contributed by atoms with E-state index in [1.54, 1.807) is 0 Å². The van der Waals surface area contributed by atoms with E-state index in [9.17, 15) is 14.0 Å². The molecule has 0 aromatic heterocycles. The van der Waals surface area contributed by atoms with Crippen molar-refractivity contribution >= 4 is 17.6 Å². The second-order valence-electron chi connectivity index (χ2n) is 4.91. The molecule has 1 atom stereocenters. The van der Waals surface area contributed by atoms with Crippen molar-refractivity contribution in [2.45, 2.75) is 26.3 Å². The minimum atomic E-state index is -0.719. The van der Waals surface area contributed by atoms with Crippen molar-refractivity contribution in [3.63, 3.8) is 0 Å². The molecule has 1 aromatic carbocycles. The third-order valence-electron chi connectivity index (χ3n) is 2.71. The topological polar surface area (TPSA) is 81.4 Å². The van der Waals surface area contributed by atoms with Crippen molar-refractivity contribution in [2.75, 3.05) is 12.4 Å². The molecule has 0 spiro atoms. The second kappa shape index (κ2) is 7.00. The number of carbonyl (C=O) groups excluding carboxylic acids is 2. The highest BCUT2D eigenvalue weighted by Gasteiger charge is 2.19. The van der Waals surface area contributed by atoms with Gasteiger partial charge in [0.1, 0.15) is 5.82 Å². The number of amides is 1. The molecule has 0 aliphatic rings. The maximum absolute atomic E-state index is 13.2. The molecule has 0 heterocycles. The van der Waals surface area contributed by atoms with Crippen LogP contribution in [0.5, 0.6) is 0 Å². The van der Waals surface area contributed by atoms with E-state index in [0.29, 0.717) is 6.42 Å². The fourth-order valence-electron chi connectivity index (χ4n) is 1.75. The minimum Gasteiger partial charge on any atom is -0.465 e. The zero-order valence-electron chi connectivity index (χ0n) is 11.8. The fraction of sp³-hybridized carbons (Fsp3) is 0.429. The first-order valence-corrected chi connectivity index (χ1v) is 6.29. The van der Waals surface area contributed by atoms with E-state index in [0.717, 1.165) is 12.1 Å². The number of benzene rings is 1. The molecule has 0 bridgehead atoms. The number of ether oxygens (including phenoxy) is 1. The Morgan fingerprint density at radius 1 is 1.40 bits per heavy atom. The lowest BCUT2D eigenvalue weighted by Crippen LogP contribution is -2.37. The first kappa shape index (κ1) is 16.1. The largest absolute Gasteiger partial charge is 0.465 e. The van der Waals surface area contributed by atoms with Crippen LogP contribution in [0.4, 0.5) is 10.1 Å². The summed E-state index contributed by atoms with van der Waals surface area (Å²) in [5, 5.41) is 2.47. The van der Waals surface area contributed by atoms with Crippen LogP contribution in [0, 0.1) is 11.7 Å². The van der Waals surface area contributed by atoms with Crippen molar-refractivity contribution in [1.82, 2.24) is 0 Å². The van der Waals surface area contributed by atoms with Gasteiger partial charge in [0.2, 0.25) is 5.91 Å². The summed E-state index contributed by atoms with van der Waals surface area (Å²) in [5.74, 6) is -1.43. The average Bonchev–Trinajstić information content (AvgIpc) is 2.37. The van der Waals surface area contributed by atoms with E-state index in [2.05, 4.69) is 10.1 Å². The van der Waals surface area contributed by atoms with E-state index >= 15 is 0 Å². The molecule has 1 amide bonds. The number of hydrogen-bond donors (Lipinski definition) is 2. The van der Waals surface area contributed by atoms with Crippen LogP contribution in [0.25, 0.3) is 0 Å². The van der Waals surface area contributed by atoms with E-state index in [1.807, 2.05) is 13.8 Å². The number of hydrogen-bond acceptors (Lipinski definition) is 4. The number of carbonyl (C=O) groups is 2. The molecule has 5 nitrogen and oxygen atoms in total. The Morgan fingerprint density at radius 3 is 2.60 bits per heavy atom. The van der Waals surface area contributed by atoms with E-state index in [1.165, 1.54) is 13.2 Å². The van der Waals surface area contributed by atoms with Gasteiger partial charge >= 0.3 is 5.97 Å². The predicted octanol–water partition coefficient (Wildman–Crippen LogP) is 1.92. The van der Waals surface area contributed by atoms with Gasteiger partial charge in [-0.3, -0.25) is 4.79 Å². The molecule has 1 rings (SSSR count). The maximum atomic E-state index is 13.2. The van der Waals surface area contributed by atoms with E-state index in [4.69, 9.17) is 5.73 Å². The van der Waals surface area contributed by atoms with Gasteiger partial charge in [-0.2, -0.15) is 0 Å². The number of methoxy groups -OCH3 is 1. The van der Waals surface area contributed by atoms with Crippen LogP contribution < -0.4 is 11.1 Å². The molecular formula is C14H19FN2O3. The van der Waals surface area contributed by atoms with Crippen molar-refractivity contribution in [3.05, 3.63) is 29.6 Å². The van der Waals surface area contributed by atoms with Crippen LogP contribution in [0.1, 0.15) is 30.6 Å². The summed E-state index contributed by atoms with van der Waals surface area (Å²) in [6, 6.07) is 2.72. The van der Waals surface area contributed by atoms with Gasteiger partial charge in [0.25, 0.3) is 0 Å². The average molecular weight is 282 g/mol. The molecule has 3 N–H and O–H groups in total. The Balaban J connectivity index is 2.93. The molecular weight excluding hydrogens is 263 g/mol. The van der Waals surface area contributed by atoms with Gasteiger partial charge in [0, 0.05) is 0 Å². The highest BCUT2D eigenvalue weighted by molar-refractivity contribution is 6.02. The van der Waals surface area contributed by atoms with Gasteiger partial charge in [-0.05, 0) is 30.5 Å². The number of nitrogens with two attached hydrogens (primary N) is 1. The smallest absolute Gasteiger partial charge is 0.339 e. The molecule has 0 fully saturated rings. The van der Waals surface area contributed by atoms with Gasteiger partial charge < -0.3 is 15.8 Å². The fourth-order valence-corrected chi connectivity index (χ4v) is 1.75. The summed E-state index contributed by atoms with van der Waals surface area (Å²) < 4.78 is 17.8. The summed E-state index contributed by atoms with van der Waals surface area (Å²) >= 11 is 0. The molecule has 1 unspecified atom stereocenters. The Bertz CT molecular complexity index is 503. The molecule has 1 aromatic rings. The normalized spacial score (nSPS) is 12.1. The van der Waals surface area contributed by atoms with E-state index < -0.39 is 23.7 Å². The molecule has 0 radical (unpaired) electrons. The second-order valence-corrected chi connectivity index (χ2v) is 4.91. The van der Waals surface area contributed by atoms with Crippen LogP contribution in [-0.2, 0) is 9.53 Å². The number of rotatable bonds is 5. The number of esters is 1. The summed E-state index contributed by atoms with van der Waals surface area (Å²) in [7, 11) is 1.21. The molecule has 0 aliphatic carbocycles. The zero-order chi connectivity index (χ0) is 15.3. The first-order chi connectivity index (χ1) is 9.35. The summed E-state index contributed by atoms with van der Waals surface area (Å²) in [6.45, 7) is 3.88. The van der Waals surface area contributed by atoms with Gasteiger partial charge in [-0.25, -0.2) is 9.18 Å². The molecule has 0 aliphatic heterocycles. The van der Waals surface area contributed by atoms with Crippen LogP contribution in [0.2, 0.25) is 0 Å². The monoisotopic (exact) mass is 282 g/mol. The summed E-state index contributed by atoms with van der Waals surface area (Å²) in [4.78, 5) is 23.5. The first-order valence-electron chi connectivity index (χ1n) is 6.29. The van der Waals surface area contributed by atoms with Gasteiger partial charge in [0.15, 0.2) is 0 Å². The Hall–Kier alpha value is -1.95. The van der Waals surface area contributed by atoms with Crippen molar-refractivity contribution < 1.29 is 18.7 Å². The number of anilines is 1.